The number of halogens is 2. The molecule has 0 bridgehead atoms. The molecule has 1 aliphatic heterocycles. The van der Waals surface area contributed by atoms with E-state index in [0.717, 1.165) is 41.3 Å². The molecule has 0 amide bonds. The monoisotopic (exact) mass is 449 g/mol. The Bertz CT molecular complexity index is 1310. The maximum Gasteiger partial charge on any atom is 0.219 e. The molecule has 0 atom stereocenters. The molecule has 1 saturated heterocycles. The first-order chi connectivity index (χ1) is 16.0. The van der Waals surface area contributed by atoms with Gasteiger partial charge in [-0.15, -0.1) is 5.10 Å². The third-order valence-electron chi connectivity index (χ3n) is 6.60. The molecule has 168 valence electrons. The summed E-state index contributed by atoms with van der Waals surface area (Å²) in [5.74, 6) is 0.527. The summed E-state index contributed by atoms with van der Waals surface area (Å²) in [6.45, 7) is 1.60. The van der Waals surface area contributed by atoms with Crippen LogP contribution in [0.1, 0.15) is 28.8 Å². The Balaban J connectivity index is 1.36. The maximum absolute atomic E-state index is 13.9. The van der Waals surface area contributed by atoms with Crippen molar-refractivity contribution < 1.29 is 8.78 Å². The summed E-state index contributed by atoms with van der Waals surface area (Å²) in [5, 5.41) is 8.01. The van der Waals surface area contributed by atoms with Crippen molar-refractivity contribution in [2.75, 3.05) is 23.7 Å². The van der Waals surface area contributed by atoms with Crippen LogP contribution in [-0.2, 0) is 19.9 Å². The third kappa shape index (κ3) is 3.22. The van der Waals surface area contributed by atoms with E-state index in [4.69, 9.17) is 5.73 Å². The smallest absolute Gasteiger partial charge is 0.219 e. The number of rotatable bonds is 4. The summed E-state index contributed by atoms with van der Waals surface area (Å²) >= 11 is 0. The Morgan fingerprint density at radius 2 is 1.61 bits per heavy atom. The van der Waals surface area contributed by atoms with E-state index in [2.05, 4.69) is 34.7 Å². The Hall–Kier alpha value is -3.89. The van der Waals surface area contributed by atoms with Gasteiger partial charge in [0.25, 0.3) is 0 Å². The lowest BCUT2D eigenvalue weighted by Gasteiger charge is -2.41. The number of nitrogens with zero attached hydrogens (tertiary/aromatic N) is 8. The molecule has 9 nitrogen and oxygen atoms in total. The van der Waals surface area contributed by atoms with Crippen molar-refractivity contribution in [3.05, 3.63) is 65.4 Å². The third-order valence-corrected chi connectivity index (χ3v) is 6.60. The van der Waals surface area contributed by atoms with Gasteiger partial charge in [0.15, 0.2) is 11.6 Å². The van der Waals surface area contributed by atoms with E-state index < -0.39 is 11.6 Å². The molecule has 0 saturated carbocycles. The van der Waals surface area contributed by atoms with Crippen molar-refractivity contribution in [3.8, 4) is 11.4 Å². The van der Waals surface area contributed by atoms with Crippen molar-refractivity contribution in [3.63, 3.8) is 0 Å². The van der Waals surface area contributed by atoms with E-state index in [1.165, 1.54) is 12.1 Å². The van der Waals surface area contributed by atoms with Crippen LogP contribution in [0.4, 0.5) is 20.5 Å². The minimum atomic E-state index is -0.817. The molecule has 1 fully saturated rings. The summed E-state index contributed by atoms with van der Waals surface area (Å²) in [6.07, 6.45) is 8.10. The van der Waals surface area contributed by atoms with Crippen LogP contribution >= 0.6 is 0 Å². The molecule has 6 rings (SSSR count). The maximum atomic E-state index is 13.9. The molecule has 0 spiro atoms. The molecule has 33 heavy (non-hydrogen) atoms. The molecule has 11 heteroatoms. The summed E-state index contributed by atoms with van der Waals surface area (Å²) in [5.41, 5.74) is 9.13. The Morgan fingerprint density at radius 3 is 2.21 bits per heavy atom. The van der Waals surface area contributed by atoms with Gasteiger partial charge in [-0.1, -0.05) is 5.21 Å². The molecule has 0 radical (unpaired) electrons. The van der Waals surface area contributed by atoms with E-state index in [0.29, 0.717) is 24.6 Å². The number of nitrogen functional groups attached to an aromatic ring is 1. The second kappa shape index (κ2) is 7.32. The summed E-state index contributed by atoms with van der Waals surface area (Å²) in [6, 6.07) is 2.58. The van der Waals surface area contributed by atoms with Gasteiger partial charge in [0.1, 0.15) is 11.6 Å². The lowest BCUT2D eigenvalue weighted by Crippen LogP contribution is -2.47. The van der Waals surface area contributed by atoms with Gasteiger partial charge < -0.3 is 15.2 Å². The van der Waals surface area contributed by atoms with Crippen molar-refractivity contribution in [2.45, 2.75) is 24.8 Å². The zero-order valence-electron chi connectivity index (χ0n) is 17.9. The van der Waals surface area contributed by atoms with E-state index in [1.54, 1.807) is 23.3 Å². The Labute approximate surface area is 187 Å². The standard InChI is InChI=1S/C22H21F2N9/c1-31-19(8-29-30-31)15-10-32(11-15)20-9-26-21(14-6-27-22(25)28-7-14)33(20)16-2-12-4-17(23)18(24)5-13(12)3-16/h4-9,15-16H,2-3,10-11H2,1H3,(H2,25,27,28). The topological polar surface area (TPSA) is 104 Å². The molecular formula is C22H21F2N9. The van der Waals surface area contributed by atoms with Gasteiger partial charge in [-0.25, -0.2) is 23.7 Å². The normalized spacial score (nSPS) is 16.3. The van der Waals surface area contributed by atoms with Gasteiger partial charge in [-0.05, 0) is 36.1 Å². The largest absolute Gasteiger partial charge is 0.368 e. The first-order valence-electron chi connectivity index (χ1n) is 10.7. The first-order valence-corrected chi connectivity index (χ1v) is 10.7. The van der Waals surface area contributed by atoms with E-state index in [9.17, 15) is 8.78 Å². The van der Waals surface area contributed by atoms with Crippen LogP contribution in [0, 0.1) is 11.6 Å². The summed E-state index contributed by atoms with van der Waals surface area (Å²) in [7, 11) is 1.89. The Kier molecular flexibility index (Phi) is 4.39. The number of nitrogens with two attached hydrogens (primary N) is 1. The van der Waals surface area contributed by atoms with Crippen LogP contribution in [0.2, 0.25) is 0 Å². The number of aromatic nitrogens is 7. The zero-order chi connectivity index (χ0) is 22.7. The minimum Gasteiger partial charge on any atom is -0.368 e. The zero-order valence-corrected chi connectivity index (χ0v) is 17.9. The van der Waals surface area contributed by atoms with E-state index >= 15 is 0 Å². The second-order valence-electron chi connectivity index (χ2n) is 8.62. The van der Waals surface area contributed by atoms with Gasteiger partial charge in [-0.2, -0.15) is 0 Å². The SMILES string of the molecule is Cn1nncc1C1CN(c2cnc(-c3cnc(N)nc3)n2C2Cc3cc(F)c(F)cc3C2)C1. The molecule has 0 unspecified atom stereocenters. The lowest BCUT2D eigenvalue weighted by atomic mass is 9.97. The average molecular weight is 449 g/mol. The van der Waals surface area contributed by atoms with Crippen molar-refractivity contribution in [2.24, 2.45) is 7.05 Å². The molecule has 1 aromatic carbocycles. The van der Waals surface area contributed by atoms with Crippen molar-refractivity contribution in [1.82, 2.24) is 34.5 Å². The number of hydrogen-bond acceptors (Lipinski definition) is 7. The van der Waals surface area contributed by atoms with Gasteiger partial charge in [0.05, 0.1) is 23.7 Å². The lowest BCUT2D eigenvalue weighted by molar-refractivity contribution is 0.460. The number of aryl methyl sites for hydroxylation is 1. The molecule has 1 aliphatic carbocycles. The van der Waals surface area contributed by atoms with Crippen LogP contribution in [0.15, 0.2) is 36.9 Å². The minimum absolute atomic E-state index is 0.0383. The fourth-order valence-electron chi connectivity index (χ4n) is 4.90. The van der Waals surface area contributed by atoms with Crippen molar-refractivity contribution >= 4 is 11.8 Å². The molecule has 2 aliphatic rings. The fraction of sp³-hybridized carbons (Fsp3) is 0.318. The summed E-state index contributed by atoms with van der Waals surface area (Å²) in [4.78, 5) is 15.2. The molecule has 3 aromatic heterocycles. The van der Waals surface area contributed by atoms with Gasteiger partial charge in [0, 0.05) is 44.5 Å². The van der Waals surface area contributed by atoms with E-state index in [-0.39, 0.29) is 12.0 Å². The highest BCUT2D eigenvalue weighted by molar-refractivity contribution is 5.60. The number of imidazole rings is 1. The number of fused-ring (bicyclic) bond motifs is 1. The van der Waals surface area contributed by atoms with E-state index in [1.807, 2.05) is 13.2 Å². The predicted molar refractivity (Wildman–Crippen MR) is 116 cm³/mol. The van der Waals surface area contributed by atoms with Crippen molar-refractivity contribution in [1.29, 1.82) is 0 Å². The number of anilines is 2. The predicted octanol–water partition coefficient (Wildman–Crippen LogP) is 2.27. The van der Waals surface area contributed by atoms with Crippen LogP contribution in [-0.4, -0.2) is 47.6 Å². The highest BCUT2D eigenvalue weighted by Gasteiger charge is 2.36. The van der Waals surface area contributed by atoms with Crippen LogP contribution in [0.25, 0.3) is 11.4 Å². The molecular weight excluding hydrogens is 428 g/mol. The molecule has 4 aromatic rings. The quantitative estimate of drug-likeness (QED) is 0.510. The number of benzene rings is 1. The van der Waals surface area contributed by atoms with Gasteiger partial charge >= 0.3 is 0 Å². The highest BCUT2D eigenvalue weighted by Crippen LogP contribution is 2.40. The van der Waals surface area contributed by atoms with Crippen LogP contribution in [0.3, 0.4) is 0 Å². The van der Waals surface area contributed by atoms with Gasteiger partial charge in [-0.3, -0.25) is 4.68 Å². The average Bonchev–Trinajstić information content (AvgIpc) is 3.47. The Morgan fingerprint density at radius 1 is 0.939 bits per heavy atom. The van der Waals surface area contributed by atoms with Crippen LogP contribution in [0.5, 0.6) is 0 Å². The van der Waals surface area contributed by atoms with Gasteiger partial charge in [0.2, 0.25) is 5.95 Å². The second-order valence-corrected chi connectivity index (χ2v) is 8.62. The summed E-state index contributed by atoms with van der Waals surface area (Å²) < 4.78 is 31.7. The fourth-order valence-corrected chi connectivity index (χ4v) is 4.90. The molecule has 4 heterocycles. The van der Waals surface area contributed by atoms with Crippen LogP contribution < -0.4 is 10.6 Å². The first kappa shape index (κ1) is 19.8. The molecule has 2 N–H and O–H groups in total. The number of hydrogen-bond donors (Lipinski definition) is 1. The highest BCUT2D eigenvalue weighted by atomic mass is 19.2.